The van der Waals surface area contributed by atoms with E-state index in [1.54, 1.807) is 11.3 Å². The Labute approximate surface area is 159 Å². The normalized spacial score (nSPS) is 28.1. The summed E-state index contributed by atoms with van der Waals surface area (Å²) in [4.78, 5) is 8.95. The molecular weight excluding hydrogens is 338 g/mol. The maximum atomic E-state index is 5.16. The lowest BCUT2D eigenvalue weighted by atomic mass is 9.52. The van der Waals surface area contributed by atoms with Gasteiger partial charge >= 0.3 is 0 Å². The van der Waals surface area contributed by atoms with Crippen molar-refractivity contribution in [3.63, 3.8) is 0 Å². The molecule has 4 heteroatoms. The Balaban J connectivity index is 1.94. The number of thiazole rings is 1. The Morgan fingerprint density at radius 1 is 1.12 bits per heavy atom. The zero-order valence-corrected chi connectivity index (χ0v) is 17.5. The molecule has 1 aromatic carbocycles. The van der Waals surface area contributed by atoms with Crippen LogP contribution in [0.1, 0.15) is 70.1 Å². The van der Waals surface area contributed by atoms with Crippen LogP contribution in [-0.2, 0) is 11.0 Å². The van der Waals surface area contributed by atoms with Crippen molar-refractivity contribution < 1.29 is 0 Å². The Bertz CT molecular complexity index is 1050. The van der Waals surface area contributed by atoms with E-state index in [4.69, 9.17) is 4.98 Å². The number of hydrogen-bond acceptors (Lipinski definition) is 3. The largest absolute Gasteiger partial charge is 0.351 e. The maximum absolute atomic E-state index is 5.16. The van der Waals surface area contributed by atoms with E-state index in [-0.39, 0.29) is 16.4 Å². The van der Waals surface area contributed by atoms with E-state index in [9.17, 15) is 0 Å². The molecule has 0 N–H and O–H groups in total. The Hall–Kier alpha value is -1.81. The summed E-state index contributed by atoms with van der Waals surface area (Å²) in [5.74, 6) is 0. The van der Waals surface area contributed by atoms with Gasteiger partial charge in [-0.1, -0.05) is 45.9 Å². The molecule has 0 saturated heterocycles. The maximum Gasteiger partial charge on any atom is 0.194 e. The standard InChI is InChI=1S/C22H27N3S/c1-13-9-8-10-15-16(13)25-14(2)17-18(23-19-24(17)11-12-26-19)22(25,7)21(5,6)20(15,3)4/h8-12,14H,1-7H3. The van der Waals surface area contributed by atoms with Gasteiger partial charge in [0, 0.05) is 22.7 Å². The van der Waals surface area contributed by atoms with Gasteiger partial charge in [0.05, 0.1) is 23.0 Å². The van der Waals surface area contributed by atoms with Crippen LogP contribution >= 0.6 is 11.3 Å². The van der Waals surface area contributed by atoms with Gasteiger partial charge in [0.2, 0.25) is 0 Å². The van der Waals surface area contributed by atoms with Gasteiger partial charge in [0.25, 0.3) is 0 Å². The molecule has 26 heavy (non-hydrogen) atoms. The van der Waals surface area contributed by atoms with Crippen molar-refractivity contribution in [2.24, 2.45) is 5.41 Å². The zero-order chi connectivity index (χ0) is 18.6. The minimum absolute atomic E-state index is 0.0182. The molecule has 0 bridgehead atoms. The Morgan fingerprint density at radius 3 is 2.58 bits per heavy atom. The lowest BCUT2D eigenvalue weighted by Gasteiger charge is -2.61. The average molecular weight is 366 g/mol. The number of para-hydroxylation sites is 1. The van der Waals surface area contributed by atoms with Crippen LogP contribution in [0, 0.1) is 12.3 Å². The van der Waals surface area contributed by atoms with Gasteiger partial charge in [-0.3, -0.25) is 4.40 Å². The molecule has 2 unspecified atom stereocenters. The van der Waals surface area contributed by atoms with Crippen molar-refractivity contribution in [2.45, 2.75) is 65.5 Å². The summed E-state index contributed by atoms with van der Waals surface area (Å²) < 4.78 is 2.31. The highest BCUT2D eigenvalue weighted by Crippen LogP contribution is 2.67. The second-order valence-electron chi connectivity index (χ2n) is 9.24. The molecule has 2 aliphatic heterocycles. The molecule has 0 amide bonds. The van der Waals surface area contributed by atoms with E-state index in [1.165, 1.54) is 28.2 Å². The number of aromatic nitrogens is 2. The first-order chi connectivity index (χ1) is 12.1. The third-order valence-electron chi connectivity index (χ3n) is 7.96. The number of aryl methyl sites for hydroxylation is 1. The molecule has 5 rings (SSSR count). The lowest BCUT2D eigenvalue weighted by molar-refractivity contribution is 0.0628. The fraction of sp³-hybridized carbons (Fsp3) is 0.500. The lowest BCUT2D eigenvalue weighted by Crippen LogP contribution is -2.62. The van der Waals surface area contributed by atoms with Crippen molar-refractivity contribution in [2.75, 3.05) is 4.90 Å². The van der Waals surface area contributed by atoms with Gasteiger partial charge in [-0.25, -0.2) is 4.98 Å². The van der Waals surface area contributed by atoms with E-state index < -0.39 is 0 Å². The van der Waals surface area contributed by atoms with Crippen molar-refractivity contribution in [1.82, 2.24) is 9.38 Å². The summed E-state index contributed by atoms with van der Waals surface area (Å²) in [5, 5.41) is 2.14. The molecule has 0 aliphatic carbocycles. The number of rotatable bonds is 0. The van der Waals surface area contributed by atoms with Gasteiger partial charge in [-0.2, -0.15) is 0 Å². The number of anilines is 1. The second kappa shape index (κ2) is 4.53. The summed E-state index contributed by atoms with van der Waals surface area (Å²) in [5.41, 5.74) is 6.78. The van der Waals surface area contributed by atoms with Crippen LogP contribution in [0.3, 0.4) is 0 Å². The van der Waals surface area contributed by atoms with Gasteiger partial charge in [0.15, 0.2) is 4.96 Å². The van der Waals surface area contributed by atoms with E-state index in [2.05, 4.69) is 87.5 Å². The fourth-order valence-electron chi connectivity index (χ4n) is 5.63. The third-order valence-corrected chi connectivity index (χ3v) is 8.71. The topological polar surface area (TPSA) is 20.5 Å². The summed E-state index contributed by atoms with van der Waals surface area (Å²) in [6, 6.07) is 7.10. The monoisotopic (exact) mass is 365 g/mol. The molecule has 0 spiro atoms. The number of fused-ring (bicyclic) bond motifs is 7. The first-order valence-electron chi connectivity index (χ1n) is 9.49. The van der Waals surface area contributed by atoms with Crippen LogP contribution in [-0.4, -0.2) is 9.38 Å². The van der Waals surface area contributed by atoms with Crippen LogP contribution < -0.4 is 4.90 Å². The molecule has 4 heterocycles. The summed E-state index contributed by atoms with van der Waals surface area (Å²) in [7, 11) is 0. The van der Waals surface area contributed by atoms with Crippen molar-refractivity contribution in [1.29, 1.82) is 0 Å². The van der Waals surface area contributed by atoms with Crippen LogP contribution in [0.5, 0.6) is 0 Å². The molecule has 0 radical (unpaired) electrons. The molecule has 0 fully saturated rings. The molecule has 3 aromatic rings. The molecule has 136 valence electrons. The number of benzene rings is 1. The first kappa shape index (κ1) is 16.4. The van der Waals surface area contributed by atoms with Gasteiger partial charge in [-0.05, 0) is 37.3 Å². The number of imidazole rings is 1. The van der Waals surface area contributed by atoms with Crippen LogP contribution in [0.15, 0.2) is 29.8 Å². The highest BCUT2D eigenvalue weighted by atomic mass is 32.1. The van der Waals surface area contributed by atoms with E-state index in [1.807, 2.05) is 0 Å². The van der Waals surface area contributed by atoms with Crippen molar-refractivity contribution >= 4 is 22.0 Å². The van der Waals surface area contributed by atoms with Crippen molar-refractivity contribution in [3.05, 3.63) is 52.3 Å². The Kier molecular flexibility index (Phi) is 2.85. The summed E-state index contributed by atoms with van der Waals surface area (Å²) in [6.45, 7) is 16.7. The van der Waals surface area contributed by atoms with Gasteiger partial charge in [0.1, 0.15) is 0 Å². The second-order valence-corrected chi connectivity index (χ2v) is 10.1. The van der Waals surface area contributed by atoms with Crippen LogP contribution in [0.2, 0.25) is 0 Å². The minimum atomic E-state index is -0.143. The first-order valence-corrected chi connectivity index (χ1v) is 10.4. The van der Waals surface area contributed by atoms with E-state index in [0.29, 0.717) is 6.04 Å². The molecule has 0 saturated carbocycles. The average Bonchev–Trinajstić information content (AvgIpc) is 3.19. The summed E-state index contributed by atoms with van der Waals surface area (Å²) in [6.07, 6.45) is 2.18. The highest BCUT2D eigenvalue weighted by Gasteiger charge is 2.65. The van der Waals surface area contributed by atoms with Gasteiger partial charge in [-0.15, -0.1) is 11.3 Å². The molecule has 2 atom stereocenters. The van der Waals surface area contributed by atoms with Crippen molar-refractivity contribution in [3.8, 4) is 0 Å². The SMILES string of the molecule is Cc1cccc2c1N1C(C)c3c(nc4sccn34)C1(C)C(C)(C)C2(C)C. The Morgan fingerprint density at radius 2 is 1.85 bits per heavy atom. The minimum Gasteiger partial charge on any atom is -0.351 e. The zero-order valence-electron chi connectivity index (χ0n) is 16.7. The molecule has 2 aliphatic rings. The smallest absolute Gasteiger partial charge is 0.194 e. The van der Waals surface area contributed by atoms with Crippen LogP contribution in [0.4, 0.5) is 5.69 Å². The van der Waals surface area contributed by atoms with Gasteiger partial charge < -0.3 is 4.90 Å². The predicted molar refractivity (Wildman–Crippen MR) is 109 cm³/mol. The predicted octanol–water partition coefficient (Wildman–Crippen LogP) is 5.82. The fourth-order valence-corrected chi connectivity index (χ4v) is 6.35. The third kappa shape index (κ3) is 1.47. The van der Waals surface area contributed by atoms with Crippen LogP contribution in [0.25, 0.3) is 4.96 Å². The number of hydrogen-bond donors (Lipinski definition) is 0. The number of nitrogens with zero attached hydrogens (tertiary/aromatic N) is 3. The van der Waals surface area contributed by atoms with E-state index in [0.717, 1.165) is 4.96 Å². The quantitative estimate of drug-likeness (QED) is 0.500. The highest BCUT2D eigenvalue weighted by molar-refractivity contribution is 7.15. The molecule has 2 aromatic heterocycles. The molecule has 3 nitrogen and oxygen atoms in total. The van der Waals surface area contributed by atoms with E-state index >= 15 is 0 Å². The summed E-state index contributed by atoms with van der Waals surface area (Å²) >= 11 is 1.73. The molecular formula is C22H27N3S.